The molecule has 0 aliphatic carbocycles. The molecular weight excluding hydrogens is 196 g/mol. The third-order valence-electron chi connectivity index (χ3n) is 1.71. The number of hydrogen-bond acceptors (Lipinski definition) is 2. The van der Waals surface area contributed by atoms with Crippen LogP contribution in [0, 0.1) is 0 Å². The van der Waals surface area contributed by atoms with Gasteiger partial charge in [-0.05, 0) is 22.9 Å². The smallest absolute Gasteiger partial charge is 0.337 e. The van der Waals surface area contributed by atoms with Crippen LogP contribution in [0.15, 0.2) is 29.6 Å². The number of fused-ring (bicyclic) bond motifs is 1. The molecule has 2 aromatic rings. The summed E-state index contributed by atoms with van der Waals surface area (Å²) < 4.78 is 0.852. The van der Waals surface area contributed by atoms with Crippen LogP contribution in [0.4, 0.5) is 0 Å². The molecule has 2 nitrogen and oxygen atoms in total. The van der Waals surface area contributed by atoms with Crippen molar-refractivity contribution in [2.24, 2.45) is 0 Å². The standard InChI is InChI=1S/C9H6O2S.C2H6/c10-9(11)7-3-1-2-6-4-5-12-8(6)7;1-2/h1-5H,(H,10,11);1-2H3. The fourth-order valence-corrected chi connectivity index (χ4v) is 2.07. The second kappa shape index (κ2) is 4.77. The van der Waals surface area contributed by atoms with Gasteiger partial charge >= 0.3 is 5.97 Å². The normalized spacial score (nSPS) is 9.29. The quantitative estimate of drug-likeness (QED) is 0.777. The van der Waals surface area contributed by atoms with E-state index in [9.17, 15) is 4.79 Å². The molecule has 14 heavy (non-hydrogen) atoms. The Kier molecular flexibility index (Phi) is 3.65. The SMILES string of the molecule is CC.O=C(O)c1cccc2ccsc12. The largest absolute Gasteiger partial charge is 0.478 e. The Hall–Kier alpha value is -1.35. The zero-order chi connectivity index (χ0) is 10.6. The van der Waals surface area contributed by atoms with Gasteiger partial charge in [-0.15, -0.1) is 11.3 Å². The monoisotopic (exact) mass is 208 g/mol. The van der Waals surface area contributed by atoms with Crippen molar-refractivity contribution in [3.63, 3.8) is 0 Å². The number of benzene rings is 1. The maximum absolute atomic E-state index is 10.7. The molecule has 1 aromatic heterocycles. The van der Waals surface area contributed by atoms with Gasteiger partial charge < -0.3 is 5.11 Å². The minimum absolute atomic E-state index is 0.391. The van der Waals surface area contributed by atoms with Gasteiger partial charge in [-0.2, -0.15) is 0 Å². The molecule has 3 heteroatoms. The molecule has 0 unspecified atom stereocenters. The molecule has 0 spiro atoms. The summed E-state index contributed by atoms with van der Waals surface area (Å²) in [5.41, 5.74) is 0.391. The molecule has 2 rings (SSSR count). The highest BCUT2D eigenvalue weighted by atomic mass is 32.1. The fourth-order valence-electron chi connectivity index (χ4n) is 1.16. The van der Waals surface area contributed by atoms with Crippen molar-refractivity contribution >= 4 is 27.4 Å². The number of hydrogen-bond donors (Lipinski definition) is 1. The van der Waals surface area contributed by atoms with Gasteiger partial charge in [0.05, 0.1) is 5.56 Å². The molecule has 1 N–H and O–H groups in total. The molecule has 0 atom stereocenters. The van der Waals surface area contributed by atoms with Crippen LogP contribution in [-0.4, -0.2) is 11.1 Å². The third kappa shape index (κ3) is 1.93. The molecular formula is C11H12O2S. The number of rotatable bonds is 1. The summed E-state index contributed by atoms with van der Waals surface area (Å²) >= 11 is 1.46. The van der Waals surface area contributed by atoms with E-state index in [0.717, 1.165) is 10.1 Å². The van der Waals surface area contributed by atoms with Crippen molar-refractivity contribution in [3.8, 4) is 0 Å². The summed E-state index contributed by atoms with van der Waals surface area (Å²) in [5.74, 6) is -0.858. The first kappa shape index (κ1) is 10.7. The van der Waals surface area contributed by atoms with Crippen LogP contribution < -0.4 is 0 Å². The van der Waals surface area contributed by atoms with Crippen molar-refractivity contribution < 1.29 is 9.90 Å². The molecule has 0 saturated carbocycles. The lowest BCUT2D eigenvalue weighted by molar-refractivity contribution is 0.0699. The minimum atomic E-state index is -0.858. The predicted molar refractivity (Wildman–Crippen MR) is 60.1 cm³/mol. The van der Waals surface area contributed by atoms with Crippen molar-refractivity contribution in [3.05, 3.63) is 35.2 Å². The van der Waals surface area contributed by atoms with Gasteiger partial charge in [-0.1, -0.05) is 26.0 Å². The van der Waals surface area contributed by atoms with Gasteiger partial charge in [-0.3, -0.25) is 0 Å². The van der Waals surface area contributed by atoms with Gasteiger partial charge in [0.15, 0.2) is 0 Å². The molecule has 0 radical (unpaired) electrons. The fraction of sp³-hybridized carbons (Fsp3) is 0.182. The number of carboxylic acid groups (broad SMARTS) is 1. The van der Waals surface area contributed by atoms with Crippen LogP contribution in [0.2, 0.25) is 0 Å². The van der Waals surface area contributed by atoms with Crippen LogP contribution in [0.3, 0.4) is 0 Å². The molecule has 1 heterocycles. The third-order valence-corrected chi connectivity index (χ3v) is 2.67. The highest BCUT2D eigenvalue weighted by molar-refractivity contribution is 7.17. The Balaban J connectivity index is 0.000000461. The zero-order valence-corrected chi connectivity index (χ0v) is 8.97. The summed E-state index contributed by atoms with van der Waals surface area (Å²) in [6.45, 7) is 4.00. The van der Waals surface area contributed by atoms with E-state index >= 15 is 0 Å². The second-order valence-corrected chi connectivity index (χ2v) is 3.37. The summed E-state index contributed by atoms with van der Waals surface area (Å²) in [6.07, 6.45) is 0. The van der Waals surface area contributed by atoms with E-state index in [2.05, 4.69) is 0 Å². The molecule has 0 aliphatic rings. The summed E-state index contributed by atoms with van der Waals surface area (Å²) in [5, 5.41) is 11.7. The number of aromatic carboxylic acids is 1. The second-order valence-electron chi connectivity index (χ2n) is 2.45. The van der Waals surface area contributed by atoms with Crippen LogP contribution in [0.1, 0.15) is 24.2 Å². The predicted octanol–water partition coefficient (Wildman–Crippen LogP) is 3.63. The Labute approximate surface area is 86.8 Å². The van der Waals surface area contributed by atoms with Crippen molar-refractivity contribution in [2.45, 2.75) is 13.8 Å². The number of carboxylic acids is 1. The van der Waals surface area contributed by atoms with E-state index in [4.69, 9.17) is 5.11 Å². The van der Waals surface area contributed by atoms with Gasteiger partial charge in [0, 0.05) is 4.70 Å². The molecule has 1 aromatic carbocycles. The van der Waals surface area contributed by atoms with Gasteiger partial charge in [0.1, 0.15) is 0 Å². The van der Waals surface area contributed by atoms with E-state index in [-0.39, 0.29) is 0 Å². The summed E-state index contributed by atoms with van der Waals surface area (Å²) in [4.78, 5) is 10.7. The molecule has 74 valence electrons. The van der Waals surface area contributed by atoms with E-state index in [1.165, 1.54) is 11.3 Å². The number of carbonyl (C=O) groups is 1. The molecule has 0 fully saturated rings. The lowest BCUT2D eigenvalue weighted by atomic mass is 10.2. The Bertz CT molecular complexity index is 432. The number of thiophene rings is 1. The van der Waals surface area contributed by atoms with Crippen molar-refractivity contribution in [2.75, 3.05) is 0 Å². The Morgan fingerprint density at radius 2 is 2.00 bits per heavy atom. The van der Waals surface area contributed by atoms with Crippen LogP contribution in [0.25, 0.3) is 10.1 Å². The molecule has 0 aliphatic heterocycles. The van der Waals surface area contributed by atoms with Crippen molar-refractivity contribution in [1.29, 1.82) is 0 Å². The first-order valence-electron chi connectivity index (χ1n) is 4.48. The average Bonchev–Trinajstić information content (AvgIpc) is 2.67. The summed E-state index contributed by atoms with van der Waals surface area (Å²) in [6, 6.07) is 7.23. The minimum Gasteiger partial charge on any atom is -0.478 e. The van der Waals surface area contributed by atoms with Crippen molar-refractivity contribution in [1.82, 2.24) is 0 Å². The highest BCUT2D eigenvalue weighted by Crippen LogP contribution is 2.24. The van der Waals surface area contributed by atoms with Crippen LogP contribution >= 0.6 is 11.3 Å². The van der Waals surface area contributed by atoms with Gasteiger partial charge in [-0.25, -0.2) is 4.79 Å². The first-order chi connectivity index (χ1) is 6.79. The van der Waals surface area contributed by atoms with E-state index in [1.807, 2.05) is 31.4 Å². The maximum Gasteiger partial charge on any atom is 0.337 e. The molecule has 0 saturated heterocycles. The lowest BCUT2D eigenvalue weighted by Crippen LogP contribution is -1.94. The van der Waals surface area contributed by atoms with E-state index in [0.29, 0.717) is 5.56 Å². The summed E-state index contributed by atoms with van der Waals surface area (Å²) in [7, 11) is 0. The Morgan fingerprint density at radius 3 is 2.64 bits per heavy atom. The topological polar surface area (TPSA) is 37.3 Å². The van der Waals surface area contributed by atoms with Crippen LogP contribution in [0.5, 0.6) is 0 Å². The highest BCUT2D eigenvalue weighted by Gasteiger charge is 2.07. The lowest BCUT2D eigenvalue weighted by Gasteiger charge is -1.94. The van der Waals surface area contributed by atoms with Crippen LogP contribution in [-0.2, 0) is 0 Å². The van der Waals surface area contributed by atoms with Gasteiger partial charge in [0.2, 0.25) is 0 Å². The first-order valence-corrected chi connectivity index (χ1v) is 5.36. The Morgan fingerprint density at radius 1 is 1.29 bits per heavy atom. The zero-order valence-electron chi connectivity index (χ0n) is 8.15. The van der Waals surface area contributed by atoms with E-state index < -0.39 is 5.97 Å². The molecule has 0 amide bonds. The molecule has 0 bridgehead atoms. The maximum atomic E-state index is 10.7. The van der Waals surface area contributed by atoms with E-state index in [1.54, 1.807) is 12.1 Å². The average molecular weight is 208 g/mol. The van der Waals surface area contributed by atoms with Gasteiger partial charge in [0.25, 0.3) is 0 Å².